The second-order valence-corrected chi connectivity index (χ2v) is 5.55. The Morgan fingerprint density at radius 3 is 2.76 bits per heavy atom. The molecule has 0 aliphatic heterocycles. The van der Waals surface area contributed by atoms with Gasteiger partial charge in [0.1, 0.15) is 0 Å². The fourth-order valence-corrected chi connectivity index (χ4v) is 3.23. The summed E-state index contributed by atoms with van der Waals surface area (Å²) in [6.07, 6.45) is 9.20. The van der Waals surface area contributed by atoms with Crippen LogP contribution in [-0.4, -0.2) is 4.57 Å². The van der Waals surface area contributed by atoms with E-state index in [-0.39, 0.29) is 0 Å². The van der Waals surface area contributed by atoms with Gasteiger partial charge in [0, 0.05) is 28.7 Å². The normalized spacial score (nSPS) is 17.7. The zero-order valence-electron chi connectivity index (χ0n) is 10.0. The maximum absolute atomic E-state index is 6.20. The molecule has 0 bridgehead atoms. The molecule has 0 amide bonds. The predicted molar refractivity (Wildman–Crippen MR) is 73.5 cm³/mol. The third-order valence-electron chi connectivity index (χ3n) is 3.94. The molecule has 90 valence electrons. The summed E-state index contributed by atoms with van der Waals surface area (Å²) in [7, 11) is 0. The standard InChI is InChI=1S/C15H18ClN/c16-14-7-4-8-15-13(14)9-10-17(15)11-12-5-2-1-3-6-12/h4,7-10,12H,1-3,5-6,11H2. The highest BCUT2D eigenvalue weighted by Crippen LogP contribution is 2.29. The first-order valence-corrected chi connectivity index (χ1v) is 6.96. The van der Waals surface area contributed by atoms with Crippen molar-refractivity contribution in [2.45, 2.75) is 38.6 Å². The topological polar surface area (TPSA) is 4.93 Å². The van der Waals surface area contributed by atoms with Crippen LogP contribution in [0.15, 0.2) is 30.5 Å². The SMILES string of the molecule is Clc1cccc2c1ccn2CC1CCCCC1. The van der Waals surface area contributed by atoms with Gasteiger partial charge in [-0.05, 0) is 37.0 Å². The first kappa shape index (κ1) is 11.2. The van der Waals surface area contributed by atoms with Crippen LogP contribution in [0.1, 0.15) is 32.1 Å². The number of hydrogen-bond donors (Lipinski definition) is 0. The molecule has 0 atom stereocenters. The van der Waals surface area contributed by atoms with Crippen LogP contribution in [0, 0.1) is 5.92 Å². The van der Waals surface area contributed by atoms with Crippen LogP contribution in [0.5, 0.6) is 0 Å². The number of benzene rings is 1. The highest BCUT2D eigenvalue weighted by Gasteiger charge is 2.14. The number of nitrogens with zero attached hydrogens (tertiary/aromatic N) is 1. The molecule has 2 aromatic rings. The van der Waals surface area contributed by atoms with Gasteiger partial charge in [0.2, 0.25) is 0 Å². The Morgan fingerprint density at radius 2 is 1.94 bits per heavy atom. The Labute approximate surface area is 107 Å². The van der Waals surface area contributed by atoms with Crippen LogP contribution in [0.25, 0.3) is 10.9 Å². The van der Waals surface area contributed by atoms with Gasteiger partial charge in [-0.1, -0.05) is 36.9 Å². The Morgan fingerprint density at radius 1 is 1.12 bits per heavy atom. The van der Waals surface area contributed by atoms with E-state index in [1.54, 1.807) is 0 Å². The summed E-state index contributed by atoms with van der Waals surface area (Å²) in [5.41, 5.74) is 1.28. The fourth-order valence-electron chi connectivity index (χ4n) is 2.99. The lowest BCUT2D eigenvalue weighted by Gasteiger charge is -2.22. The predicted octanol–water partition coefficient (Wildman–Crippen LogP) is 4.88. The van der Waals surface area contributed by atoms with Crippen molar-refractivity contribution in [2.75, 3.05) is 0 Å². The van der Waals surface area contributed by atoms with Crippen molar-refractivity contribution in [3.8, 4) is 0 Å². The molecule has 0 saturated heterocycles. The lowest BCUT2D eigenvalue weighted by Crippen LogP contribution is -2.13. The van der Waals surface area contributed by atoms with E-state index in [1.807, 2.05) is 12.1 Å². The Bertz CT molecular complexity index is 509. The summed E-state index contributed by atoms with van der Waals surface area (Å²) in [5, 5.41) is 2.05. The van der Waals surface area contributed by atoms with E-state index in [0.29, 0.717) is 0 Å². The zero-order valence-corrected chi connectivity index (χ0v) is 10.8. The van der Waals surface area contributed by atoms with E-state index in [2.05, 4.69) is 22.9 Å². The molecule has 0 spiro atoms. The molecule has 1 aromatic carbocycles. The van der Waals surface area contributed by atoms with Gasteiger partial charge in [0.05, 0.1) is 0 Å². The molecular weight excluding hydrogens is 230 g/mol. The van der Waals surface area contributed by atoms with E-state index < -0.39 is 0 Å². The third-order valence-corrected chi connectivity index (χ3v) is 4.27. The van der Waals surface area contributed by atoms with Gasteiger partial charge in [0.25, 0.3) is 0 Å². The Balaban J connectivity index is 1.87. The minimum atomic E-state index is 0.860. The Kier molecular flexibility index (Phi) is 3.11. The molecule has 0 N–H and O–H groups in total. The molecule has 1 saturated carbocycles. The number of halogens is 1. The maximum atomic E-state index is 6.20. The van der Waals surface area contributed by atoms with Crippen LogP contribution in [-0.2, 0) is 6.54 Å². The van der Waals surface area contributed by atoms with Gasteiger partial charge < -0.3 is 4.57 Å². The molecule has 1 aromatic heterocycles. The van der Waals surface area contributed by atoms with Gasteiger partial charge in [-0.3, -0.25) is 0 Å². The molecule has 1 heterocycles. The first-order chi connectivity index (χ1) is 8.34. The summed E-state index contributed by atoms with van der Waals surface area (Å²) in [6.45, 7) is 1.16. The number of fused-ring (bicyclic) bond motifs is 1. The highest BCUT2D eigenvalue weighted by atomic mass is 35.5. The van der Waals surface area contributed by atoms with Crippen LogP contribution in [0.2, 0.25) is 5.02 Å². The molecule has 1 aliphatic carbocycles. The van der Waals surface area contributed by atoms with E-state index >= 15 is 0 Å². The quantitative estimate of drug-likeness (QED) is 0.713. The lowest BCUT2D eigenvalue weighted by atomic mass is 9.89. The number of rotatable bonds is 2. The molecule has 3 rings (SSSR count). The van der Waals surface area contributed by atoms with Crippen molar-refractivity contribution >= 4 is 22.5 Å². The summed E-state index contributed by atoms with van der Waals surface area (Å²) in [5.74, 6) is 0.860. The van der Waals surface area contributed by atoms with Crippen LogP contribution in [0.4, 0.5) is 0 Å². The summed E-state index contributed by atoms with van der Waals surface area (Å²) >= 11 is 6.20. The molecule has 1 fully saturated rings. The first-order valence-electron chi connectivity index (χ1n) is 6.58. The van der Waals surface area contributed by atoms with Gasteiger partial charge >= 0.3 is 0 Å². The molecule has 1 aliphatic rings. The number of hydrogen-bond acceptors (Lipinski definition) is 0. The fraction of sp³-hybridized carbons (Fsp3) is 0.467. The van der Waals surface area contributed by atoms with Gasteiger partial charge in [-0.15, -0.1) is 0 Å². The van der Waals surface area contributed by atoms with Gasteiger partial charge in [0.15, 0.2) is 0 Å². The average Bonchev–Trinajstić information content (AvgIpc) is 2.76. The van der Waals surface area contributed by atoms with Gasteiger partial charge in [-0.25, -0.2) is 0 Å². The minimum absolute atomic E-state index is 0.860. The third kappa shape index (κ3) is 2.21. The van der Waals surface area contributed by atoms with Crippen molar-refractivity contribution in [2.24, 2.45) is 5.92 Å². The number of aromatic nitrogens is 1. The maximum Gasteiger partial charge on any atom is 0.0499 e. The van der Waals surface area contributed by atoms with E-state index in [9.17, 15) is 0 Å². The van der Waals surface area contributed by atoms with Crippen molar-refractivity contribution in [3.05, 3.63) is 35.5 Å². The molecule has 2 heteroatoms. The van der Waals surface area contributed by atoms with Crippen LogP contribution in [0.3, 0.4) is 0 Å². The van der Waals surface area contributed by atoms with Crippen LogP contribution >= 0.6 is 11.6 Å². The molecule has 1 nitrogen and oxygen atoms in total. The molecule has 0 unspecified atom stereocenters. The zero-order chi connectivity index (χ0) is 11.7. The molecule has 17 heavy (non-hydrogen) atoms. The summed E-state index contributed by atoms with van der Waals surface area (Å²) in [6, 6.07) is 8.32. The van der Waals surface area contributed by atoms with Crippen molar-refractivity contribution < 1.29 is 0 Å². The second kappa shape index (κ2) is 4.73. The summed E-state index contributed by atoms with van der Waals surface area (Å²) < 4.78 is 2.37. The van der Waals surface area contributed by atoms with E-state index in [4.69, 9.17) is 11.6 Å². The van der Waals surface area contributed by atoms with E-state index in [1.165, 1.54) is 43.0 Å². The lowest BCUT2D eigenvalue weighted by molar-refractivity contribution is 0.322. The average molecular weight is 248 g/mol. The highest BCUT2D eigenvalue weighted by molar-refractivity contribution is 6.35. The second-order valence-electron chi connectivity index (χ2n) is 5.14. The van der Waals surface area contributed by atoms with Crippen LogP contribution < -0.4 is 0 Å². The monoisotopic (exact) mass is 247 g/mol. The largest absolute Gasteiger partial charge is 0.347 e. The smallest absolute Gasteiger partial charge is 0.0499 e. The van der Waals surface area contributed by atoms with Crippen molar-refractivity contribution in [3.63, 3.8) is 0 Å². The summed E-state index contributed by atoms with van der Waals surface area (Å²) in [4.78, 5) is 0. The van der Waals surface area contributed by atoms with Gasteiger partial charge in [-0.2, -0.15) is 0 Å². The minimum Gasteiger partial charge on any atom is -0.347 e. The molecular formula is C15H18ClN. The Hall–Kier alpha value is -0.950. The van der Waals surface area contributed by atoms with Crippen molar-refractivity contribution in [1.82, 2.24) is 4.57 Å². The molecule has 0 radical (unpaired) electrons. The van der Waals surface area contributed by atoms with Crippen molar-refractivity contribution in [1.29, 1.82) is 0 Å². The van der Waals surface area contributed by atoms with E-state index in [0.717, 1.165) is 17.5 Å².